The summed E-state index contributed by atoms with van der Waals surface area (Å²) in [6.45, 7) is 5.67. The summed E-state index contributed by atoms with van der Waals surface area (Å²) in [6.07, 6.45) is 2.00. The van der Waals surface area contributed by atoms with Crippen molar-refractivity contribution in [2.24, 2.45) is 5.92 Å². The van der Waals surface area contributed by atoms with Crippen molar-refractivity contribution in [1.82, 2.24) is 15.5 Å². The molecule has 3 N–H and O–H groups in total. The van der Waals surface area contributed by atoms with Crippen LogP contribution in [-0.4, -0.2) is 28.1 Å². The third-order valence-electron chi connectivity index (χ3n) is 4.20. The highest BCUT2D eigenvalue weighted by Crippen LogP contribution is 2.32. The number of carbonyl (C=O) groups excluding carboxylic acids is 2. The molecule has 0 radical (unpaired) electrons. The Hall–Kier alpha value is -2.74. The SMILES string of the molecule is Cc1c(C(=O)NC(CC(C)C)C(=O)Nc2ccn[nH]2)sc2cccc(F)c12. The van der Waals surface area contributed by atoms with Crippen LogP contribution in [-0.2, 0) is 4.79 Å². The highest BCUT2D eigenvalue weighted by molar-refractivity contribution is 7.21. The molecule has 8 heteroatoms. The fraction of sp³-hybridized carbons (Fsp3) is 0.316. The Bertz CT molecular complexity index is 966. The lowest BCUT2D eigenvalue weighted by atomic mass is 10.0. The van der Waals surface area contributed by atoms with Gasteiger partial charge >= 0.3 is 0 Å². The quantitative estimate of drug-likeness (QED) is 0.599. The molecule has 3 aromatic rings. The van der Waals surface area contributed by atoms with Crippen molar-refractivity contribution in [1.29, 1.82) is 0 Å². The maximum atomic E-state index is 14.1. The zero-order valence-electron chi connectivity index (χ0n) is 15.3. The van der Waals surface area contributed by atoms with Gasteiger partial charge in [0, 0.05) is 16.2 Å². The molecule has 0 aliphatic carbocycles. The van der Waals surface area contributed by atoms with E-state index in [0.29, 0.717) is 32.8 Å². The number of hydrogen-bond donors (Lipinski definition) is 3. The number of aromatic nitrogens is 2. The summed E-state index contributed by atoms with van der Waals surface area (Å²) in [5, 5.41) is 12.4. The third kappa shape index (κ3) is 4.16. The summed E-state index contributed by atoms with van der Waals surface area (Å²) in [5.74, 6) is -0.396. The number of fused-ring (bicyclic) bond motifs is 1. The van der Waals surface area contributed by atoms with Gasteiger partial charge in [-0.1, -0.05) is 19.9 Å². The first-order valence-electron chi connectivity index (χ1n) is 8.65. The number of aryl methyl sites for hydroxylation is 1. The summed E-state index contributed by atoms with van der Waals surface area (Å²) in [5.41, 5.74) is 0.586. The minimum absolute atomic E-state index is 0.198. The molecule has 2 aromatic heterocycles. The standard InChI is InChI=1S/C19H21FN4O2S/c1-10(2)9-13(18(25)23-15-7-8-21-24-15)22-19(26)17-11(3)16-12(20)5-4-6-14(16)27-17/h4-8,10,13H,9H2,1-3H3,(H,22,26)(H2,21,23,24,25). The van der Waals surface area contributed by atoms with Gasteiger partial charge in [-0.05, 0) is 37.0 Å². The Balaban J connectivity index is 1.83. The Kier molecular flexibility index (Phi) is 5.55. The first-order chi connectivity index (χ1) is 12.9. The van der Waals surface area contributed by atoms with E-state index < -0.39 is 6.04 Å². The number of nitrogens with one attached hydrogen (secondary N) is 3. The number of nitrogens with zero attached hydrogens (tertiary/aromatic N) is 1. The van der Waals surface area contributed by atoms with Gasteiger partial charge in [0.05, 0.1) is 11.1 Å². The summed E-state index contributed by atoms with van der Waals surface area (Å²) in [7, 11) is 0. The molecule has 1 aromatic carbocycles. The summed E-state index contributed by atoms with van der Waals surface area (Å²) >= 11 is 1.22. The zero-order chi connectivity index (χ0) is 19.6. The largest absolute Gasteiger partial charge is 0.340 e. The fourth-order valence-corrected chi connectivity index (χ4v) is 4.07. The van der Waals surface area contributed by atoms with E-state index in [0.717, 1.165) is 0 Å². The smallest absolute Gasteiger partial charge is 0.262 e. The van der Waals surface area contributed by atoms with Crippen LogP contribution in [0.4, 0.5) is 10.2 Å². The van der Waals surface area contributed by atoms with Gasteiger partial charge in [0.15, 0.2) is 0 Å². The number of carbonyl (C=O) groups is 2. The van der Waals surface area contributed by atoms with Crippen LogP contribution in [0, 0.1) is 18.7 Å². The number of halogens is 1. The van der Waals surface area contributed by atoms with Crippen LogP contribution < -0.4 is 10.6 Å². The minimum atomic E-state index is -0.713. The lowest BCUT2D eigenvalue weighted by Gasteiger charge is -2.19. The van der Waals surface area contributed by atoms with E-state index in [1.165, 1.54) is 23.6 Å². The van der Waals surface area contributed by atoms with Gasteiger partial charge in [0.25, 0.3) is 5.91 Å². The number of hydrogen-bond acceptors (Lipinski definition) is 4. The molecule has 1 atom stereocenters. The van der Waals surface area contributed by atoms with Crippen LogP contribution in [0.1, 0.15) is 35.5 Å². The van der Waals surface area contributed by atoms with Crippen LogP contribution >= 0.6 is 11.3 Å². The molecule has 27 heavy (non-hydrogen) atoms. The molecule has 6 nitrogen and oxygen atoms in total. The van der Waals surface area contributed by atoms with E-state index >= 15 is 0 Å². The first-order valence-corrected chi connectivity index (χ1v) is 9.47. The monoisotopic (exact) mass is 388 g/mol. The number of anilines is 1. The van der Waals surface area contributed by atoms with Crippen molar-refractivity contribution in [2.75, 3.05) is 5.32 Å². The molecule has 0 aliphatic rings. The molecular formula is C19H21FN4O2S. The fourth-order valence-electron chi connectivity index (χ4n) is 2.94. The molecule has 0 saturated carbocycles. The molecule has 0 fully saturated rings. The van der Waals surface area contributed by atoms with Gasteiger partial charge in [0.1, 0.15) is 17.7 Å². The number of rotatable bonds is 6. The average molecular weight is 388 g/mol. The van der Waals surface area contributed by atoms with Gasteiger partial charge in [-0.3, -0.25) is 14.7 Å². The molecule has 0 spiro atoms. The van der Waals surface area contributed by atoms with Crippen LogP contribution in [0.2, 0.25) is 0 Å². The Morgan fingerprint density at radius 3 is 2.70 bits per heavy atom. The Labute approximate surface area is 160 Å². The molecule has 2 heterocycles. The molecule has 1 unspecified atom stereocenters. The molecule has 0 saturated heterocycles. The van der Waals surface area contributed by atoms with Gasteiger partial charge in [-0.15, -0.1) is 11.3 Å². The highest BCUT2D eigenvalue weighted by atomic mass is 32.1. The molecular weight excluding hydrogens is 367 g/mol. The number of H-pyrrole nitrogens is 1. The normalized spacial score (nSPS) is 12.3. The minimum Gasteiger partial charge on any atom is -0.340 e. The molecule has 142 valence electrons. The number of aromatic amines is 1. The molecule has 3 rings (SSSR count). The van der Waals surface area contributed by atoms with E-state index in [2.05, 4.69) is 20.8 Å². The molecule has 2 amide bonds. The second-order valence-corrected chi connectivity index (χ2v) is 7.84. The van der Waals surface area contributed by atoms with Gasteiger partial charge in [0.2, 0.25) is 5.91 Å². The number of thiophene rings is 1. The van der Waals surface area contributed by atoms with Crippen molar-refractivity contribution >= 4 is 39.1 Å². The van der Waals surface area contributed by atoms with E-state index in [9.17, 15) is 14.0 Å². The van der Waals surface area contributed by atoms with Crippen LogP contribution in [0.25, 0.3) is 10.1 Å². The predicted octanol–water partition coefficient (Wildman–Crippen LogP) is 3.86. The third-order valence-corrected chi connectivity index (χ3v) is 5.45. The lowest BCUT2D eigenvalue weighted by Crippen LogP contribution is -2.44. The highest BCUT2D eigenvalue weighted by Gasteiger charge is 2.25. The second kappa shape index (κ2) is 7.87. The van der Waals surface area contributed by atoms with Crippen molar-refractivity contribution in [3.05, 3.63) is 46.7 Å². The van der Waals surface area contributed by atoms with Crippen molar-refractivity contribution in [3.8, 4) is 0 Å². The number of amides is 2. The van der Waals surface area contributed by atoms with Crippen LogP contribution in [0.15, 0.2) is 30.5 Å². The van der Waals surface area contributed by atoms with Crippen molar-refractivity contribution in [3.63, 3.8) is 0 Å². The van der Waals surface area contributed by atoms with Gasteiger partial charge in [-0.25, -0.2) is 4.39 Å². The maximum absolute atomic E-state index is 14.1. The van der Waals surface area contributed by atoms with E-state index in [1.54, 1.807) is 25.1 Å². The average Bonchev–Trinajstić information content (AvgIpc) is 3.22. The topological polar surface area (TPSA) is 86.9 Å². The van der Waals surface area contributed by atoms with Crippen LogP contribution in [0.3, 0.4) is 0 Å². The number of benzene rings is 1. The van der Waals surface area contributed by atoms with Crippen molar-refractivity contribution < 1.29 is 14.0 Å². The second-order valence-electron chi connectivity index (χ2n) is 6.78. The summed E-state index contributed by atoms with van der Waals surface area (Å²) in [4.78, 5) is 25.8. The maximum Gasteiger partial charge on any atom is 0.262 e. The Morgan fingerprint density at radius 1 is 1.30 bits per heavy atom. The zero-order valence-corrected chi connectivity index (χ0v) is 16.1. The summed E-state index contributed by atoms with van der Waals surface area (Å²) < 4.78 is 14.8. The summed E-state index contributed by atoms with van der Waals surface area (Å²) in [6, 6.07) is 5.70. The van der Waals surface area contributed by atoms with Gasteiger partial charge in [-0.2, -0.15) is 5.10 Å². The first kappa shape index (κ1) is 19.0. The molecule has 0 bridgehead atoms. The molecule has 0 aliphatic heterocycles. The predicted molar refractivity (Wildman–Crippen MR) is 104 cm³/mol. The van der Waals surface area contributed by atoms with Crippen molar-refractivity contribution in [2.45, 2.75) is 33.2 Å². The van der Waals surface area contributed by atoms with E-state index in [4.69, 9.17) is 0 Å². The lowest BCUT2D eigenvalue weighted by molar-refractivity contribution is -0.118. The van der Waals surface area contributed by atoms with Crippen LogP contribution in [0.5, 0.6) is 0 Å². The van der Waals surface area contributed by atoms with Gasteiger partial charge < -0.3 is 10.6 Å². The van der Waals surface area contributed by atoms with E-state index in [1.807, 2.05) is 13.8 Å². The Morgan fingerprint density at radius 2 is 2.07 bits per heavy atom. The van der Waals surface area contributed by atoms with E-state index in [-0.39, 0.29) is 23.5 Å².